The number of nitrogens with one attached hydrogen (secondary N) is 1. The quantitative estimate of drug-likeness (QED) is 0.846. The minimum atomic E-state index is -3.29. The van der Waals surface area contributed by atoms with Gasteiger partial charge in [-0.2, -0.15) is 0 Å². The van der Waals surface area contributed by atoms with E-state index in [1.807, 2.05) is 5.32 Å². The number of cyclic esters (lactones) is 1. The van der Waals surface area contributed by atoms with E-state index in [0.29, 0.717) is 0 Å². The van der Waals surface area contributed by atoms with Gasteiger partial charge < -0.3 is 10.1 Å². The van der Waals surface area contributed by atoms with Crippen LogP contribution in [0, 0.1) is 5.82 Å². The standard InChI is InChI=1S/C10H7BrF3NO2.ClH/c11-7-5(2-1-3-6(7)12)8-10(13,14)4-17-9(16)15-8;/h1-3,8H,4H2,(H,15,16);1H/t8-;/m1./s1. The molecule has 1 N–H and O–H groups in total. The van der Waals surface area contributed by atoms with Crippen LogP contribution in [0.1, 0.15) is 11.6 Å². The molecule has 0 radical (unpaired) electrons. The minimum Gasteiger partial charge on any atom is -0.443 e. The summed E-state index contributed by atoms with van der Waals surface area (Å²) in [6.07, 6.45) is -0.947. The Bertz CT molecular complexity index is 472. The van der Waals surface area contributed by atoms with Crippen LogP contribution >= 0.6 is 28.3 Å². The summed E-state index contributed by atoms with van der Waals surface area (Å²) in [5.41, 5.74) is -0.0216. The van der Waals surface area contributed by atoms with E-state index in [2.05, 4.69) is 20.7 Å². The molecule has 1 aliphatic rings. The van der Waals surface area contributed by atoms with Gasteiger partial charge in [0.2, 0.25) is 0 Å². The van der Waals surface area contributed by atoms with E-state index in [1.54, 1.807) is 0 Å². The number of benzene rings is 1. The third kappa shape index (κ3) is 2.72. The number of hydrogen-bond acceptors (Lipinski definition) is 2. The van der Waals surface area contributed by atoms with Gasteiger partial charge in [-0.1, -0.05) is 12.1 Å². The van der Waals surface area contributed by atoms with Gasteiger partial charge in [0.1, 0.15) is 11.9 Å². The predicted molar refractivity (Wildman–Crippen MR) is 63.5 cm³/mol. The predicted octanol–water partition coefficient (Wildman–Crippen LogP) is 3.43. The number of halogens is 5. The summed E-state index contributed by atoms with van der Waals surface area (Å²) in [6.45, 7) is -1.02. The van der Waals surface area contributed by atoms with Gasteiger partial charge in [0.25, 0.3) is 0 Å². The number of amides is 1. The first-order valence-electron chi connectivity index (χ1n) is 4.67. The fourth-order valence-corrected chi connectivity index (χ4v) is 2.05. The van der Waals surface area contributed by atoms with Crippen LogP contribution in [-0.4, -0.2) is 18.6 Å². The first-order valence-corrected chi connectivity index (χ1v) is 5.46. The molecule has 0 saturated carbocycles. The second-order valence-electron chi connectivity index (χ2n) is 3.56. The molecule has 1 saturated heterocycles. The monoisotopic (exact) mass is 345 g/mol. The van der Waals surface area contributed by atoms with Crippen LogP contribution in [0.5, 0.6) is 0 Å². The molecule has 0 aliphatic carbocycles. The lowest BCUT2D eigenvalue weighted by Gasteiger charge is -2.32. The molecule has 3 nitrogen and oxygen atoms in total. The number of carbonyl (C=O) groups is 1. The molecule has 0 aromatic heterocycles. The second kappa shape index (κ2) is 5.36. The number of carbonyl (C=O) groups excluding carboxylic acids is 1. The van der Waals surface area contributed by atoms with Gasteiger partial charge in [-0.15, -0.1) is 12.4 Å². The maximum atomic E-state index is 13.6. The number of rotatable bonds is 1. The van der Waals surface area contributed by atoms with E-state index >= 15 is 0 Å². The first-order chi connectivity index (χ1) is 7.92. The Morgan fingerprint density at radius 3 is 2.78 bits per heavy atom. The molecule has 1 aromatic carbocycles. The van der Waals surface area contributed by atoms with Gasteiger partial charge in [-0.05, 0) is 27.6 Å². The Morgan fingerprint density at radius 2 is 2.11 bits per heavy atom. The van der Waals surface area contributed by atoms with Crippen LogP contribution in [0.4, 0.5) is 18.0 Å². The molecule has 1 atom stereocenters. The fourth-order valence-electron chi connectivity index (χ4n) is 1.56. The van der Waals surface area contributed by atoms with Crippen molar-refractivity contribution in [1.82, 2.24) is 5.32 Å². The molecular weight excluding hydrogens is 338 g/mol. The Kier molecular flexibility index (Phi) is 4.50. The highest BCUT2D eigenvalue weighted by Crippen LogP contribution is 2.38. The van der Waals surface area contributed by atoms with Crippen LogP contribution in [0.3, 0.4) is 0 Å². The largest absolute Gasteiger partial charge is 0.443 e. The zero-order chi connectivity index (χ0) is 12.6. The van der Waals surface area contributed by atoms with Crippen molar-refractivity contribution in [2.75, 3.05) is 6.61 Å². The van der Waals surface area contributed by atoms with Crippen LogP contribution in [-0.2, 0) is 4.74 Å². The van der Waals surface area contributed by atoms with Crippen molar-refractivity contribution in [3.8, 4) is 0 Å². The lowest BCUT2D eigenvalue weighted by molar-refractivity contribution is -0.104. The fraction of sp³-hybridized carbons (Fsp3) is 0.300. The third-order valence-electron chi connectivity index (χ3n) is 2.37. The van der Waals surface area contributed by atoms with E-state index in [9.17, 15) is 18.0 Å². The molecule has 8 heteroatoms. The van der Waals surface area contributed by atoms with Crippen LogP contribution in [0.15, 0.2) is 22.7 Å². The molecule has 1 heterocycles. The number of alkyl halides is 2. The van der Waals surface area contributed by atoms with Gasteiger partial charge in [-0.3, -0.25) is 0 Å². The second-order valence-corrected chi connectivity index (χ2v) is 4.35. The lowest BCUT2D eigenvalue weighted by atomic mass is 10.00. The zero-order valence-electron chi connectivity index (χ0n) is 8.75. The van der Waals surface area contributed by atoms with E-state index < -0.39 is 30.5 Å². The highest BCUT2D eigenvalue weighted by atomic mass is 79.9. The maximum absolute atomic E-state index is 13.6. The molecule has 1 aromatic rings. The topological polar surface area (TPSA) is 38.3 Å². The van der Waals surface area contributed by atoms with Crippen LogP contribution in [0.2, 0.25) is 0 Å². The van der Waals surface area contributed by atoms with Gasteiger partial charge >= 0.3 is 12.0 Å². The van der Waals surface area contributed by atoms with Crippen molar-refractivity contribution in [2.24, 2.45) is 0 Å². The number of ether oxygens (including phenoxy) is 1. The van der Waals surface area contributed by atoms with Crippen LogP contribution in [0.25, 0.3) is 0 Å². The molecule has 1 fully saturated rings. The van der Waals surface area contributed by atoms with Crippen molar-refractivity contribution in [3.63, 3.8) is 0 Å². The van der Waals surface area contributed by atoms with Gasteiger partial charge in [0.05, 0.1) is 4.47 Å². The highest BCUT2D eigenvalue weighted by molar-refractivity contribution is 9.10. The normalized spacial score (nSPS) is 21.6. The molecule has 0 unspecified atom stereocenters. The Labute approximate surface area is 115 Å². The van der Waals surface area contributed by atoms with Crippen LogP contribution < -0.4 is 5.32 Å². The summed E-state index contributed by atoms with van der Waals surface area (Å²) < 4.78 is 44.5. The van der Waals surface area contributed by atoms with Gasteiger partial charge in [-0.25, -0.2) is 18.0 Å². The molecule has 18 heavy (non-hydrogen) atoms. The Morgan fingerprint density at radius 1 is 1.44 bits per heavy atom. The number of alkyl carbamates (subject to hydrolysis) is 1. The maximum Gasteiger partial charge on any atom is 0.408 e. The molecule has 1 amide bonds. The summed E-state index contributed by atoms with van der Waals surface area (Å²) in [4.78, 5) is 11.0. The SMILES string of the molecule is Cl.O=C1N[C@H](c2cccc(F)c2Br)C(F)(F)CO1. The lowest BCUT2D eigenvalue weighted by Crippen LogP contribution is -2.49. The summed E-state index contributed by atoms with van der Waals surface area (Å²) in [7, 11) is 0. The average molecular weight is 347 g/mol. The first kappa shape index (κ1) is 15.1. The zero-order valence-corrected chi connectivity index (χ0v) is 11.2. The average Bonchev–Trinajstić information content (AvgIpc) is 2.26. The van der Waals surface area contributed by atoms with Crippen molar-refractivity contribution in [3.05, 3.63) is 34.1 Å². The van der Waals surface area contributed by atoms with Crippen molar-refractivity contribution in [2.45, 2.75) is 12.0 Å². The van der Waals surface area contributed by atoms with Gasteiger partial charge in [0, 0.05) is 0 Å². The van der Waals surface area contributed by atoms with Gasteiger partial charge in [0.15, 0.2) is 6.61 Å². The molecule has 2 rings (SSSR count). The number of hydrogen-bond donors (Lipinski definition) is 1. The third-order valence-corrected chi connectivity index (χ3v) is 3.21. The van der Waals surface area contributed by atoms with Crippen molar-refractivity contribution >= 4 is 34.4 Å². The van der Waals surface area contributed by atoms with Crippen molar-refractivity contribution in [1.29, 1.82) is 0 Å². The smallest absolute Gasteiger partial charge is 0.408 e. The molecule has 100 valence electrons. The summed E-state index contributed by atoms with van der Waals surface area (Å²) >= 11 is 2.89. The van der Waals surface area contributed by atoms with E-state index in [0.717, 1.165) is 6.07 Å². The molecule has 0 spiro atoms. The Balaban J connectivity index is 0.00000162. The van der Waals surface area contributed by atoms with E-state index in [4.69, 9.17) is 0 Å². The summed E-state index contributed by atoms with van der Waals surface area (Å²) in [6, 6.07) is 2.14. The molecular formula is C10H8BrClF3NO2. The minimum absolute atomic E-state index is 0. The molecule has 0 bridgehead atoms. The Hall–Kier alpha value is -0.950. The summed E-state index contributed by atoms with van der Waals surface area (Å²) in [5.74, 6) is -3.96. The van der Waals surface area contributed by atoms with E-state index in [-0.39, 0.29) is 22.4 Å². The molecule has 1 aliphatic heterocycles. The highest BCUT2D eigenvalue weighted by Gasteiger charge is 2.47. The van der Waals surface area contributed by atoms with E-state index in [1.165, 1.54) is 12.1 Å². The van der Waals surface area contributed by atoms with Crippen molar-refractivity contribution < 1.29 is 22.7 Å². The summed E-state index contributed by atoms with van der Waals surface area (Å²) in [5, 5.41) is 1.98.